The van der Waals surface area contributed by atoms with Gasteiger partial charge in [0.2, 0.25) is 8.32 Å². The van der Waals surface area contributed by atoms with Gasteiger partial charge in [-0.05, 0) is 68.9 Å². The Morgan fingerprint density at radius 1 is 0.783 bits per heavy atom. The molecule has 1 N–H and O–H groups in total. The Kier molecular flexibility index (Phi) is 5.16. The maximum atomic E-state index is 9.35. The number of ether oxygens (including phenoxy) is 1. The minimum atomic E-state index is -1.62. The Morgan fingerprint density at radius 2 is 1.26 bits per heavy atom. The molecule has 0 unspecified atom stereocenters. The van der Waals surface area contributed by atoms with E-state index in [1.165, 1.54) is 0 Å². The molecule has 0 bridgehead atoms. The van der Waals surface area contributed by atoms with Crippen LogP contribution in [0.15, 0.2) is 60.0 Å². The second-order valence-electron chi connectivity index (χ2n) is 6.50. The molecule has 0 aliphatic rings. The van der Waals surface area contributed by atoms with Gasteiger partial charge in [0.1, 0.15) is 23.0 Å². The van der Waals surface area contributed by atoms with Crippen LogP contribution in [0.4, 0.5) is 0 Å². The van der Waals surface area contributed by atoms with Gasteiger partial charge >= 0.3 is 0 Å². The summed E-state index contributed by atoms with van der Waals surface area (Å²) >= 11 is 0. The van der Waals surface area contributed by atoms with Gasteiger partial charge in [0.25, 0.3) is 0 Å². The third-order valence-electron chi connectivity index (χ3n) is 3.28. The minimum Gasteiger partial charge on any atom is -0.545 e. The van der Waals surface area contributed by atoms with E-state index in [4.69, 9.17) is 9.16 Å². The minimum absolute atomic E-state index is 0.271. The SMILES string of the molecule is CC(Oc1ccc(-c2ccc(O)cc2)cc1)=C(C)O[Si](C)(C)C. The van der Waals surface area contributed by atoms with Crippen LogP contribution < -0.4 is 4.74 Å². The quantitative estimate of drug-likeness (QED) is 0.578. The Balaban J connectivity index is 2.11. The predicted octanol–water partition coefficient (Wildman–Crippen LogP) is 5.54. The molecule has 0 atom stereocenters. The molecular formula is C19H24O3Si. The molecule has 122 valence electrons. The number of rotatable bonds is 5. The van der Waals surface area contributed by atoms with Gasteiger partial charge in [-0.15, -0.1) is 0 Å². The predicted molar refractivity (Wildman–Crippen MR) is 97.0 cm³/mol. The molecule has 0 aromatic heterocycles. The molecule has 0 aliphatic carbocycles. The normalized spacial score (nSPS) is 12.6. The van der Waals surface area contributed by atoms with Crippen LogP contribution >= 0.6 is 0 Å². The highest BCUT2D eigenvalue weighted by molar-refractivity contribution is 6.70. The van der Waals surface area contributed by atoms with Gasteiger partial charge in [0.05, 0.1) is 0 Å². The summed E-state index contributed by atoms with van der Waals surface area (Å²) in [6.07, 6.45) is 0. The first-order chi connectivity index (χ1) is 10.7. The summed E-state index contributed by atoms with van der Waals surface area (Å²) in [6.45, 7) is 10.3. The van der Waals surface area contributed by atoms with E-state index in [0.717, 1.165) is 28.4 Å². The summed E-state index contributed by atoms with van der Waals surface area (Å²) in [5.74, 6) is 2.67. The molecule has 3 nitrogen and oxygen atoms in total. The smallest absolute Gasteiger partial charge is 0.241 e. The molecule has 0 saturated heterocycles. The Hall–Kier alpha value is -2.20. The van der Waals surface area contributed by atoms with Crippen LogP contribution in [0.3, 0.4) is 0 Å². The first-order valence-corrected chi connectivity index (χ1v) is 11.1. The van der Waals surface area contributed by atoms with Crippen molar-refractivity contribution >= 4 is 8.32 Å². The highest BCUT2D eigenvalue weighted by Crippen LogP contribution is 2.25. The zero-order valence-corrected chi connectivity index (χ0v) is 15.4. The van der Waals surface area contributed by atoms with Crippen molar-refractivity contribution in [2.45, 2.75) is 33.5 Å². The van der Waals surface area contributed by atoms with Gasteiger partial charge in [-0.3, -0.25) is 0 Å². The highest BCUT2D eigenvalue weighted by Gasteiger charge is 2.17. The zero-order chi connectivity index (χ0) is 17.0. The molecule has 0 amide bonds. The summed E-state index contributed by atoms with van der Waals surface area (Å²) in [6, 6.07) is 15.0. The van der Waals surface area contributed by atoms with Gasteiger partial charge in [-0.25, -0.2) is 0 Å². The third kappa shape index (κ3) is 5.18. The monoisotopic (exact) mass is 328 g/mol. The lowest BCUT2D eigenvalue weighted by Gasteiger charge is -2.21. The zero-order valence-electron chi connectivity index (χ0n) is 14.4. The fourth-order valence-electron chi connectivity index (χ4n) is 2.15. The van der Waals surface area contributed by atoms with Crippen LogP contribution in [0.1, 0.15) is 13.8 Å². The highest BCUT2D eigenvalue weighted by atomic mass is 28.4. The first-order valence-electron chi connectivity index (χ1n) is 7.68. The number of phenolic OH excluding ortho intramolecular Hbond substituents is 1. The van der Waals surface area contributed by atoms with E-state index in [0.29, 0.717) is 0 Å². The molecule has 0 saturated carbocycles. The standard InChI is InChI=1S/C19H24O3Si/c1-14(15(2)22-23(3,4)5)21-19-12-8-17(9-13-19)16-6-10-18(20)11-7-16/h6-13,20H,1-5H3. The molecule has 2 rings (SSSR count). The maximum absolute atomic E-state index is 9.35. The molecule has 4 heteroatoms. The summed E-state index contributed by atoms with van der Waals surface area (Å²) in [4.78, 5) is 0. The van der Waals surface area contributed by atoms with Crippen molar-refractivity contribution < 1.29 is 14.3 Å². The number of hydrogen-bond donors (Lipinski definition) is 1. The van der Waals surface area contributed by atoms with Gasteiger partial charge in [-0.2, -0.15) is 0 Å². The van der Waals surface area contributed by atoms with Crippen LogP contribution in [-0.4, -0.2) is 13.4 Å². The van der Waals surface area contributed by atoms with Crippen LogP contribution in [0.25, 0.3) is 11.1 Å². The molecule has 2 aromatic rings. The van der Waals surface area contributed by atoms with Crippen molar-refractivity contribution in [3.63, 3.8) is 0 Å². The van der Waals surface area contributed by atoms with E-state index < -0.39 is 8.32 Å². The van der Waals surface area contributed by atoms with Crippen molar-refractivity contribution in [1.82, 2.24) is 0 Å². The van der Waals surface area contributed by atoms with Crippen LogP contribution in [0.5, 0.6) is 11.5 Å². The molecule has 2 aromatic carbocycles. The summed E-state index contributed by atoms with van der Waals surface area (Å²) < 4.78 is 11.8. The molecule has 0 spiro atoms. The summed E-state index contributed by atoms with van der Waals surface area (Å²) in [5.41, 5.74) is 2.13. The second kappa shape index (κ2) is 6.92. The lowest BCUT2D eigenvalue weighted by atomic mass is 10.1. The van der Waals surface area contributed by atoms with Crippen molar-refractivity contribution in [2.75, 3.05) is 0 Å². The lowest BCUT2D eigenvalue weighted by molar-refractivity contribution is 0.347. The average Bonchev–Trinajstić information content (AvgIpc) is 2.47. The molecule has 0 fully saturated rings. The number of hydrogen-bond acceptors (Lipinski definition) is 3. The van der Waals surface area contributed by atoms with E-state index in [2.05, 4.69) is 19.6 Å². The molecule has 0 radical (unpaired) electrons. The Morgan fingerprint density at radius 3 is 1.74 bits per heavy atom. The number of aromatic hydroxyl groups is 1. The fourth-order valence-corrected chi connectivity index (χ4v) is 3.21. The van der Waals surface area contributed by atoms with Gasteiger partial charge in [0.15, 0.2) is 0 Å². The van der Waals surface area contributed by atoms with E-state index in [9.17, 15) is 5.11 Å². The molecular weight excluding hydrogens is 304 g/mol. The Labute approximate surface area is 139 Å². The lowest BCUT2D eigenvalue weighted by Crippen LogP contribution is -2.25. The molecule has 23 heavy (non-hydrogen) atoms. The van der Waals surface area contributed by atoms with Crippen molar-refractivity contribution in [3.05, 3.63) is 60.0 Å². The number of phenols is 1. The van der Waals surface area contributed by atoms with Gasteiger partial charge in [0, 0.05) is 0 Å². The van der Waals surface area contributed by atoms with E-state index in [1.807, 2.05) is 50.2 Å². The van der Waals surface area contributed by atoms with Crippen molar-refractivity contribution in [3.8, 4) is 22.6 Å². The number of benzene rings is 2. The van der Waals surface area contributed by atoms with E-state index in [1.54, 1.807) is 12.1 Å². The van der Waals surface area contributed by atoms with E-state index >= 15 is 0 Å². The largest absolute Gasteiger partial charge is 0.545 e. The van der Waals surface area contributed by atoms with Crippen molar-refractivity contribution in [1.29, 1.82) is 0 Å². The van der Waals surface area contributed by atoms with Crippen LogP contribution in [-0.2, 0) is 4.43 Å². The average molecular weight is 328 g/mol. The first kappa shape index (κ1) is 17.2. The topological polar surface area (TPSA) is 38.7 Å². The second-order valence-corrected chi connectivity index (χ2v) is 10.9. The molecule has 0 heterocycles. The fraction of sp³-hybridized carbons (Fsp3) is 0.263. The van der Waals surface area contributed by atoms with E-state index in [-0.39, 0.29) is 5.75 Å². The summed E-state index contributed by atoms with van der Waals surface area (Å²) in [7, 11) is -1.62. The van der Waals surface area contributed by atoms with Crippen LogP contribution in [0.2, 0.25) is 19.6 Å². The maximum Gasteiger partial charge on any atom is 0.241 e. The summed E-state index contributed by atoms with van der Waals surface area (Å²) in [5, 5.41) is 9.35. The van der Waals surface area contributed by atoms with Gasteiger partial charge in [-0.1, -0.05) is 24.3 Å². The van der Waals surface area contributed by atoms with Crippen LogP contribution in [0, 0.1) is 0 Å². The molecule has 0 aliphatic heterocycles. The number of allylic oxidation sites excluding steroid dienone is 2. The third-order valence-corrected chi connectivity index (χ3v) is 4.20. The Bertz CT molecular complexity index is 680. The van der Waals surface area contributed by atoms with Gasteiger partial charge < -0.3 is 14.3 Å². The van der Waals surface area contributed by atoms with Crippen molar-refractivity contribution in [2.24, 2.45) is 0 Å².